The Kier molecular flexibility index (Phi) is 20.0. The van der Waals surface area contributed by atoms with Gasteiger partial charge in [-0.3, -0.25) is 0 Å². The van der Waals surface area contributed by atoms with Crippen molar-refractivity contribution in [1.82, 2.24) is 0 Å². The first-order valence-electron chi connectivity index (χ1n) is 2.06. The summed E-state index contributed by atoms with van der Waals surface area (Å²) in [7, 11) is 1.62. The molecule has 0 amide bonds. The monoisotopic (exact) mass is 504 g/mol. The van der Waals surface area contributed by atoms with Crippen molar-refractivity contribution in [2.45, 2.75) is 6.92 Å². The Morgan fingerprint density at radius 1 is 1.33 bits per heavy atom. The first kappa shape index (κ1) is 13.9. The molecule has 0 heterocycles. The molecule has 0 saturated carbocycles. The standard InChI is InChI=1S/C4H8O.3HI.V/c1-3-4-5-2;;;;/h3-4H,1-2H3;3*1H;/q;;;;+3/p-3/b4-3+;;;;. The molecule has 5 heteroatoms. The summed E-state index contributed by atoms with van der Waals surface area (Å²) in [4.78, 5) is -0.278. The zero-order valence-electron chi connectivity index (χ0n) is 5.14. The fourth-order valence-corrected chi connectivity index (χ4v) is 0.136. The summed E-state index contributed by atoms with van der Waals surface area (Å²) in [6.07, 6.45) is 3.46. The van der Waals surface area contributed by atoms with Crippen molar-refractivity contribution in [2.24, 2.45) is 0 Å². The van der Waals surface area contributed by atoms with Crippen molar-refractivity contribution in [1.29, 1.82) is 0 Å². The van der Waals surface area contributed by atoms with E-state index in [2.05, 4.69) is 64.7 Å². The summed E-state index contributed by atoms with van der Waals surface area (Å²) < 4.78 is 4.51. The van der Waals surface area contributed by atoms with Crippen molar-refractivity contribution in [3.05, 3.63) is 12.3 Å². The van der Waals surface area contributed by atoms with Crippen LogP contribution in [-0.4, -0.2) is 7.11 Å². The van der Waals surface area contributed by atoms with Crippen LogP contribution in [0, 0.1) is 0 Å². The molecule has 0 aliphatic carbocycles. The summed E-state index contributed by atoms with van der Waals surface area (Å²) in [5.74, 6) is 0. The molecular formula is C4H8I3OV. The maximum atomic E-state index is 4.51. The SMILES string of the molecule is C/C=C/OC.[I][V]([I])[I]. The van der Waals surface area contributed by atoms with Crippen LogP contribution >= 0.6 is 59.9 Å². The second-order valence-electron chi connectivity index (χ2n) is 0.897. The molecule has 0 rings (SSSR count). The van der Waals surface area contributed by atoms with Gasteiger partial charge in [-0.1, -0.05) is 6.08 Å². The third-order valence-corrected chi connectivity index (χ3v) is 0.272. The molecule has 9 heavy (non-hydrogen) atoms. The summed E-state index contributed by atoms with van der Waals surface area (Å²) in [6, 6.07) is 0. The van der Waals surface area contributed by atoms with Gasteiger partial charge >= 0.3 is 64.9 Å². The molecule has 0 aliphatic rings. The molecule has 0 atom stereocenters. The number of ether oxygens (including phenoxy) is 1. The zero-order valence-corrected chi connectivity index (χ0v) is 13.0. The van der Waals surface area contributed by atoms with Crippen LogP contribution in [0.1, 0.15) is 6.92 Å². The van der Waals surface area contributed by atoms with E-state index in [-0.39, 0.29) is 4.92 Å². The molecular weight excluding hydrogens is 496 g/mol. The van der Waals surface area contributed by atoms with Gasteiger partial charge in [-0.15, -0.1) is 0 Å². The van der Waals surface area contributed by atoms with Gasteiger partial charge in [0, 0.05) is 0 Å². The van der Waals surface area contributed by atoms with E-state index in [9.17, 15) is 0 Å². The minimum absolute atomic E-state index is 0.278. The van der Waals surface area contributed by atoms with Crippen LogP contribution in [0.5, 0.6) is 0 Å². The topological polar surface area (TPSA) is 9.23 Å². The average molecular weight is 504 g/mol. The van der Waals surface area contributed by atoms with Gasteiger partial charge < -0.3 is 4.74 Å². The van der Waals surface area contributed by atoms with Crippen LogP contribution in [0.2, 0.25) is 0 Å². The Labute approximate surface area is 94.1 Å². The molecule has 0 radical (unpaired) electrons. The Morgan fingerprint density at radius 3 is 1.67 bits per heavy atom. The van der Waals surface area contributed by atoms with Crippen LogP contribution in [0.4, 0.5) is 0 Å². The van der Waals surface area contributed by atoms with E-state index >= 15 is 0 Å². The Morgan fingerprint density at radius 2 is 1.67 bits per heavy atom. The molecule has 0 N–H and O–H groups in total. The molecule has 0 aromatic carbocycles. The van der Waals surface area contributed by atoms with Gasteiger partial charge in [-0.25, -0.2) is 0 Å². The van der Waals surface area contributed by atoms with Crippen molar-refractivity contribution in [3.8, 4) is 0 Å². The van der Waals surface area contributed by atoms with Crippen LogP contribution in [0.15, 0.2) is 12.3 Å². The van der Waals surface area contributed by atoms with E-state index < -0.39 is 0 Å². The second-order valence-corrected chi connectivity index (χ2v) is 36.3. The molecule has 0 aromatic heterocycles. The molecule has 56 valence electrons. The Balaban J connectivity index is 0. The molecule has 0 aromatic rings. The maximum absolute atomic E-state index is 4.51. The molecule has 0 saturated heterocycles. The predicted octanol–water partition coefficient (Wildman–Crippen LogP) is 3.82. The Bertz CT molecular complexity index is 64.1. The number of allylic oxidation sites excluding steroid dienone is 1. The van der Waals surface area contributed by atoms with Crippen molar-refractivity contribution >= 4 is 59.9 Å². The molecule has 0 fully saturated rings. The number of hydrogen-bond donors (Lipinski definition) is 0. The van der Waals surface area contributed by atoms with Gasteiger partial charge in [-0.05, 0) is 6.92 Å². The van der Waals surface area contributed by atoms with Gasteiger partial charge in [-0.2, -0.15) is 0 Å². The van der Waals surface area contributed by atoms with Crippen molar-refractivity contribution in [2.75, 3.05) is 7.11 Å². The van der Waals surface area contributed by atoms with E-state index in [1.165, 1.54) is 0 Å². The number of methoxy groups -OCH3 is 1. The van der Waals surface area contributed by atoms with Gasteiger partial charge in [0.1, 0.15) is 0 Å². The molecule has 0 aliphatic heterocycles. The quantitative estimate of drug-likeness (QED) is 0.391. The number of halogens is 3. The fraction of sp³-hybridized carbons (Fsp3) is 0.500. The number of hydrogen-bond acceptors (Lipinski definition) is 1. The summed E-state index contributed by atoms with van der Waals surface area (Å²) >= 11 is 7.39. The fourth-order valence-electron chi connectivity index (χ4n) is 0.136. The van der Waals surface area contributed by atoms with E-state index in [0.29, 0.717) is 0 Å². The molecule has 0 bridgehead atoms. The predicted molar refractivity (Wildman–Crippen MR) is 63.9 cm³/mol. The first-order valence-corrected chi connectivity index (χ1v) is 15.6. The third-order valence-electron chi connectivity index (χ3n) is 0.272. The second kappa shape index (κ2) is 12.9. The zero-order chi connectivity index (χ0) is 7.70. The Hall–Kier alpha value is 2.31. The van der Waals surface area contributed by atoms with Crippen molar-refractivity contribution in [3.63, 3.8) is 0 Å². The van der Waals surface area contributed by atoms with Gasteiger partial charge in [0.05, 0.1) is 13.4 Å². The summed E-state index contributed by atoms with van der Waals surface area (Å²) in [5.41, 5.74) is 0. The van der Waals surface area contributed by atoms with Gasteiger partial charge in [0.25, 0.3) is 0 Å². The molecule has 0 spiro atoms. The van der Waals surface area contributed by atoms with E-state index in [1.807, 2.05) is 13.0 Å². The van der Waals surface area contributed by atoms with Gasteiger partial charge in [0.15, 0.2) is 0 Å². The summed E-state index contributed by atoms with van der Waals surface area (Å²) in [6.45, 7) is 1.91. The van der Waals surface area contributed by atoms with Gasteiger partial charge in [0.2, 0.25) is 0 Å². The normalized spacial score (nSPS) is 9.11. The van der Waals surface area contributed by atoms with Crippen molar-refractivity contribution < 1.29 is 9.66 Å². The van der Waals surface area contributed by atoms with E-state index in [0.717, 1.165) is 0 Å². The third kappa shape index (κ3) is 38.3. The van der Waals surface area contributed by atoms with Crippen LogP contribution in [0.25, 0.3) is 0 Å². The molecule has 1 nitrogen and oxygen atoms in total. The molecule has 0 unspecified atom stereocenters. The first-order chi connectivity index (χ1) is 4.15. The van der Waals surface area contributed by atoms with E-state index in [1.54, 1.807) is 13.4 Å². The van der Waals surface area contributed by atoms with Crippen LogP contribution in [-0.2, 0) is 9.66 Å². The summed E-state index contributed by atoms with van der Waals surface area (Å²) in [5, 5.41) is 0. The minimum atomic E-state index is -0.278. The number of rotatable bonds is 1. The average Bonchev–Trinajstić information content (AvgIpc) is 1.66. The van der Waals surface area contributed by atoms with Crippen LogP contribution in [0.3, 0.4) is 0 Å². The van der Waals surface area contributed by atoms with Crippen LogP contribution < -0.4 is 0 Å². The van der Waals surface area contributed by atoms with E-state index in [4.69, 9.17) is 0 Å².